The minimum absolute atomic E-state index is 0. The van der Waals surface area contributed by atoms with Crippen LogP contribution in [-0.4, -0.2) is 53.1 Å². The number of rotatable bonds is 1. The van der Waals surface area contributed by atoms with Crippen molar-refractivity contribution in [2.45, 2.75) is 96.6 Å². The van der Waals surface area contributed by atoms with Gasteiger partial charge in [-0.05, 0) is 80.5 Å². The van der Waals surface area contributed by atoms with Gasteiger partial charge in [0.1, 0.15) is 17.9 Å². The largest absolute Gasteiger partial charge is 0.870 e. The molecule has 1 aliphatic heterocycles. The molecule has 5 aliphatic rings. The number of nitrogens with zero attached hydrogens (tertiary/aromatic N) is 1. The first-order valence-electron chi connectivity index (χ1n) is 12.3. The van der Waals surface area contributed by atoms with Crippen molar-refractivity contribution in [2.75, 3.05) is 20.1 Å². The lowest BCUT2D eigenvalue weighted by Gasteiger charge is -2.59. The number of piperidine rings is 1. The first-order chi connectivity index (χ1) is 13.3. The van der Waals surface area contributed by atoms with E-state index in [4.69, 9.17) is 0 Å². The molecule has 1 saturated heterocycles. The highest BCUT2D eigenvalue weighted by Gasteiger charge is 2.65. The van der Waals surface area contributed by atoms with Crippen molar-refractivity contribution in [2.24, 2.45) is 34.5 Å². The highest BCUT2D eigenvalue weighted by Crippen LogP contribution is 2.66. The minimum Gasteiger partial charge on any atom is -0.870 e. The maximum Gasteiger partial charge on any atom is 0.133 e. The monoisotopic (exact) mass is 405 g/mol. The average molecular weight is 406 g/mol. The molecule has 1 heterocycles. The second-order valence-corrected chi connectivity index (χ2v) is 12.2. The summed E-state index contributed by atoms with van der Waals surface area (Å²) in [5.41, 5.74) is 0.503. The molecule has 0 radical (unpaired) electrons. The van der Waals surface area contributed by atoms with E-state index in [9.17, 15) is 9.90 Å². The summed E-state index contributed by atoms with van der Waals surface area (Å²) in [6, 6.07) is 0.451. The molecule has 0 spiro atoms. The highest BCUT2D eigenvalue weighted by atomic mass is 16.3. The topological polar surface area (TPSA) is 67.3 Å². The van der Waals surface area contributed by atoms with Gasteiger partial charge < -0.3 is 15.1 Å². The fourth-order valence-electron chi connectivity index (χ4n) is 9.19. The van der Waals surface area contributed by atoms with Crippen molar-refractivity contribution in [1.82, 2.24) is 0 Å². The van der Waals surface area contributed by atoms with Crippen molar-refractivity contribution in [3.8, 4) is 0 Å². The molecule has 29 heavy (non-hydrogen) atoms. The first kappa shape index (κ1) is 21.8. The maximum absolute atomic E-state index is 12.1. The zero-order valence-electron chi connectivity index (χ0n) is 18.9. The average Bonchev–Trinajstić information content (AvgIpc) is 2.95. The number of carbonyl (C=O) groups excluding carboxylic acids is 1. The van der Waals surface area contributed by atoms with Crippen LogP contribution in [0.15, 0.2) is 0 Å². The Hall–Kier alpha value is -0.450. The zero-order chi connectivity index (χ0) is 19.7. The van der Waals surface area contributed by atoms with Gasteiger partial charge in [-0.1, -0.05) is 13.8 Å². The summed E-state index contributed by atoms with van der Waals surface area (Å²) >= 11 is 0. The molecule has 166 valence electrons. The number of Topliss-reactive ketones (excluding diaryl/α,β-unsaturated/α-hetero) is 1. The summed E-state index contributed by atoms with van der Waals surface area (Å²) in [6.07, 6.45) is 13.0. The molecule has 4 saturated carbocycles. The molecular weight excluding hydrogens is 362 g/mol. The fourth-order valence-corrected chi connectivity index (χ4v) is 9.19. The number of hydrogen-bond donors (Lipinski definition) is 1. The molecule has 0 unspecified atom stereocenters. The highest BCUT2D eigenvalue weighted by molar-refractivity contribution is 5.79. The molecule has 5 fully saturated rings. The van der Waals surface area contributed by atoms with Crippen LogP contribution in [0, 0.1) is 34.5 Å². The van der Waals surface area contributed by atoms with Crippen LogP contribution >= 0.6 is 0 Å². The van der Waals surface area contributed by atoms with E-state index in [2.05, 4.69) is 20.9 Å². The molecule has 0 bridgehead atoms. The van der Waals surface area contributed by atoms with Gasteiger partial charge in [-0.15, -0.1) is 0 Å². The Morgan fingerprint density at radius 1 is 0.966 bits per heavy atom. The number of carbonyl (C=O) groups is 1. The number of likely N-dealkylation sites (tertiary alicyclic amines) is 1. The molecule has 0 aromatic rings. The maximum atomic E-state index is 12.1. The summed E-state index contributed by atoms with van der Waals surface area (Å²) in [7, 11) is 2.44. The number of aliphatic hydroxyl groups excluding tert-OH is 1. The van der Waals surface area contributed by atoms with E-state index < -0.39 is 0 Å². The van der Waals surface area contributed by atoms with E-state index >= 15 is 0 Å². The molecular formula is C25H43NO3. The Bertz CT molecular complexity index is 644. The van der Waals surface area contributed by atoms with Crippen LogP contribution in [0.3, 0.4) is 0 Å². The molecule has 8 atom stereocenters. The molecule has 4 heteroatoms. The van der Waals surface area contributed by atoms with Crippen LogP contribution in [0.1, 0.15) is 84.5 Å². The van der Waals surface area contributed by atoms with Gasteiger partial charge in [0.15, 0.2) is 0 Å². The van der Waals surface area contributed by atoms with Crippen LogP contribution in [-0.2, 0) is 4.79 Å². The van der Waals surface area contributed by atoms with Crippen molar-refractivity contribution >= 4 is 5.78 Å². The quantitative estimate of drug-likeness (QED) is 0.658. The Labute approximate surface area is 177 Å². The Balaban J connectivity index is 0.00000205. The molecule has 2 N–H and O–H groups in total. The van der Waals surface area contributed by atoms with Gasteiger partial charge >= 0.3 is 0 Å². The van der Waals surface area contributed by atoms with Gasteiger partial charge in [0.25, 0.3) is 0 Å². The van der Waals surface area contributed by atoms with Crippen LogP contribution in [0.25, 0.3) is 0 Å². The fraction of sp³-hybridized carbons (Fsp3) is 0.960. The number of likely N-dealkylation sites (N-methyl/N-ethyl adjacent to an activating group) is 1. The van der Waals surface area contributed by atoms with Crippen LogP contribution in [0.4, 0.5) is 0 Å². The number of aliphatic hydroxyl groups is 1. The third-order valence-corrected chi connectivity index (χ3v) is 11.1. The Morgan fingerprint density at radius 2 is 1.69 bits per heavy atom. The van der Waals surface area contributed by atoms with Gasteiger partial charge in [-0.25, -0.2) is 0 Å². The van der Waals surface area contributed by atoms with E-state index in [1.54, 1.807) is 0 Å². The predicted octanol–water partition coefficient (Wildman–Crippen LogP) is 4.39. The SMILES string of the molecule is C[C@]12CCC(=O)C[C@@H]1CC[C@@H]1[C@@H]2CC[C@]2(C)[C@@H](O)[C@@H]([N+]3(C)CCCCC3)C[C@@H]12.[OH-]. The number of ketones is 1. The zero-order valence-corrected chi connectivity index (χ0v) is 18.9. The molecule has 0 aromatic heterocycles. The van der Waals surface area contributed by atoms with Crippen LogP contribution in [0.5, 0.6) is 0 Å². The van der Waals surface area contributed by atoms with E-state index in [0.29, 0.717) is 29.1 Å². The first-order valence-corrected chi connectivity index (χ1v) is 12.3. The van der Waals surface area contributed by atoms with E-state index in [1.165, 1.54) is 64.5 Å². The van der Waals surface area contributed by atoms with Crippen molar-refractivity contribution in [1.29, 1.82) is 0 Å². The number of hydrogen-bond acceptors (Lipinski definition) is 3. The van der Waals surface area contributed by atoms with Crippen LogP contribution in [0.2, 0.25) is 0 Å². The van der Waals surface area contributed by atoms with Crippen molar-refractivity contribution < 1.29 is 19.9 Å². The van der Waals surface area contributed by atoms with Gasteiger partial charge in [0.05, 0.1) is 20.1 Å². The number of quaternary nitrogens is 1. The summed E-state index contributed by atoms with van der Waals surface area (Å²) in [5.74, 6) is 3.41. The summed E-state index contributed by atoms with van der Waals surface area (Å²) in [5, 5.41) is 11.6. The summed E-state index contributed by atoms with van der Waals surface area (Å²) < 4.78 is 1.12. The van der Waals surface area contributed by atoms with Crippen LogP contribution < -0.4 is 0 Å². The molecule has 0 amide bonds. The van der Waals surface area contributed by atoms with Gasteiger partial charge in [-0.3, -0.25) is 4.79 Å². The lowest BCUT2D eigenvalue weighted by atomic mass is 9.45. The van der Waals surface area contributed by atoms with Crippen molar-refractivity contribution in [3.63, 3.8) is 0 Å². The lowest BCUT2D eigenvalue weighted by molar-refractivity contribution is -0.940. The lowest BCUT2D eigenvalue weighted by Crippen LogP contribution is -2.59. The van der Waals surface area contributed by atoms with Gasteiger partial charge in [0.2, 0.25) is 0 Å². The molecule has 0 aromatic carbocycles. The minimum atomic E-state index is -0.125. The number of fused-ring (bicyclic) bond motifs is 5. The van der Waals surface area contributed by atoms with Gasteiger partial charge in [0, 0.05) is 24.7 Å². The molecule has 5 rings (SSSR count). The molecule has 4 nitrogen and oxygen atoms in total. The van der Waals surface area contributed by atoms with E-state index in [0.717, 1.165) is 35.6 Å². The predicted molar refractivity (Wildman–Crippen MR) is 114 cm³/mol. The Morgan fingerprint density at radius 3 is 2.41 bits per heavy atom. The van der Waals surface area contributed by atoms with E-state index in [1.807, 2.05) is 0 Å². The normalized spacial score (nSPS) is 51.4. The summed E-state index contributed by atoms with van der Waals surface area (Å²) in [6.45, 7) is 7.50. The Kier molecular flexibility index (Phi) is 5.49. The third kappa shape index (κ3) is 3.07. The van der Waals surface area contributed by atoms with E-state index in [-0.39, 0.29) is 17.0 Å². The van der Waals surface area contributed by atoms with Crippen molar-refractivity contribution in [3.05, 3.63) is 0 Å². The molecule has 4 aliphatic carbocycles. The van der Waals surface area contributed by atoms with Gasteiger partial charge in [-0.2, -0.15) is 0 Å². The summed E-state index contributed by atoms with van der Waals surface area (Å²) in [4.78, 5) is 12.1. The standard InChI is InChI=1S/C25H42NO2.H2O/c1-24-11-9-18(27)15-17(24)7-8-19-20(24)10-12-25(2)21(19)16-22(23(25)28)26(3)13-5-4-6-14-26;/h17,19-23,28H,4-16H2,1-3H3;1H2/q+1;/p-1/t17-,19+,20-,21-,22-,23-,24-,25-;/m0./s1. The second kappa shape index (κ2) is 7.31. The second-order valence-electron chi connectivity index (χ2n) is 12.2. The third-order valence-electron chi connectivity index (χ3n) is 11.1. The smallest absolute Gasteiger partial charge is 0.133 e.